The Kier molecular flexibility index (Phi) is 8.38. The minimum absolute atomic E-state index is 0.183. The first-order chi connectivity index (χ1) is 19.4. The molecule has 8 heteroatoms. The molecule has 8 nitrogen and oxygen atoms in total. The summed E-state index contributed by atoms with van der Waals surface area (Å²) < 4.78 is 11.5. The molecule has 0 unspecified atom stereocenters. The Morgan fingerprint density at radius 2 is 1.57 bits per heavy atom. The third kappa shape index (κ3) is 5.83. The van der Waals surface area contributed by atoms with Gasteiger partial charge in [0.2, 0.25) is 5.91 Å². The summed E-state index contributed by atoms with van der Waals surface area (Å²) in [4.78, 5) is 28.7. The first kappa shape index (κ1) is 27.7. The second-order valence-corrected chi connectivity index (χ2v) is 10.7. The van der Waals surface area contributed by atoms with Gasteiger partial charge in [0, 0.05) is 19.6 Å². The predicted octanol–water partition coefficient (Wildman–Crippen LogP) is 4.34. The van der Waals surface area contributed by atoms with Crippen LogP contribution in [0.1, 0.15) is 36.8 Å². The predicted molar refractivity (Wildman–Crippen MR) is 153 cm³/mol. The highest BCUT2D eigenvalue weighted by Gasteiger charge is 2.48. The quantitative estimate of drug-likeness (QED) is 0.369. The van der Waals surface area contributed by atoms with E-state index in [1.807, 2.05) is 78.9 Å². The van der Waals surface area contributed by atoms with Gasteiger partial charge in [-0.05, 0) is 74.2 Å². The standard InChI is InChI=1S/C32H37N3O5/c1-39-27-12-5-6-13-28(27)40-26-11-7-8-24(22-26)23-35-20-16-32(17-21-35,30(37)38)34-29(36)31(14-18-33-19-15-31)25-9-3-2-4-10-25/h2-13,22,33H,14-21,23H2,1H3,(H,34,36)(H,37,38). The van der Waals surface area contributed by atoms with E-state index in [1.54, 1.807) is 7.11 Å². The average Bonchev–Trinajstić information content (AvgIpc) is 2.99. The van der Waals surface area contributed by atoms with Crippen LogP contribution in [0.25, 0.3) is 0 Å². The van der Waals surface area contributed by atoms with E-state index in [0.29, 0.717) is 62.6 Å². The molecule has 3 N–H and O–H groups in total. The number of aliphatic carboxylic acids is 1. The number of carbonyl (C=O) groups excluding carboxylic acids is 1. The maximum absolute atomic E-state index is 13.9. The smallest absolute Gasteiger partial charge is 0.329 e. The third-order valence-corrected chi connectivity index (χ3v) is 8.29. The molecule has 2 fully saturated rings. The van der Waals surface area contributed by atoms with Crippen molar-refractivity contribution < 1.29 is 24.2 Å². The number of carbonyl (C=O) groups is 2. The molecule has 0 saturated carbocycles. The lowest BCUT2D eigenvalue weighted by Crippen LogP contribution is -2.64. The second kappa shape index (κ2) is 12.1. The van der Waals surface area contributed by atoms with Gasteiger partial charge < -0.3 is 25.2 Å². The fourth-order valence-corrected chi connectivity index (χ4v) is 5.88. The minimum atomic E-state index is -1.28. The zero-order valence-electron chi connectivity index (χ0n) is 22.9. The molecule has 2 saturated heterocycles. The lowest BCUT2D eigenvalue weighted by atomic mass is 9.71. The Morgan fingerprint density at radius 3 is 2.25 bits per heavy atom. The Hall–Kier alpha value is -3.88. The number of piperidine rings is 2. The van der Waals surface area contributed by atoms with Crippen LogP contribution in [-0.2, 0) is 21.5 Å². The van der Waals surface area contributed by atoms with E-state index in [2.05, 4.69) is 15.5 Å². The number of para-hydroxylation sites is 2. The molecule has 0 bridgehead atoms. The molecule has 2 aliphatic heterocycles. The van der Waals surface area contributed by atoms with Gasteiger partial charge in [-0.2, -0.15) is 0 Å². The minimum Gasteiger partial charge on any atom is -0.493 e. The summed E-state index contributed by atoms with van der Waals surface area (Å²) >= 11 is 0. The molecular weight excluding hydrogens is 506 g/mol. The van der Waals surface area contributed by atoms with E-state index in [0.717, 1.165) is 24.2 Å². The van der Waals surface area contributed by atoms with Gasteiger partial charge >= 0.3 is 5.97 Å². The van der Waals surface area contributed by atoms with Crippen LogP contribution in [0.5, 0.6) is 17.2 Å². The van der Waals surface area contributed by atoms with Gasteiger partial charge in [0.1, 0.15) is 11.3 Å². The summed E-state index contributed by atoms with van der Waals surface area (Å²) in [7, 11) is 1.61. The lowest BCUT2D eigenvalue weighted by molar-refractivity contribution is -0.151. The van der Waals surface area contributed by atoms with Crippen molar-refractivity contribution in [3.63, 3.8) is 0 Å². The topological polar surface area (TPSA) is 100 Å². The second-order valence-electron chi connectivity index (χ2n) is 10.7. The van der Waals surface area contributed by atoms with Crippen molar-refractivity contribution in [1.82, 2.24) is 15.5 Å². The molecule has 3 aromatic carbocycles. The number of nitrogens with zero attached hydrogens (tertiary/aromatic N) is 1. The number of hydrogen-bond donors (Lipinski definition) is 3. The summed E-state index contributed by atoms with van der Waals surface area (Å²) in [6, 6.07) is 25.2. The van der Waals surface area contributed by atoms with Crippen LogP contribution in [0.4, 0.5) is 0 Å². The highest BCUT2D eigenvalue weighted by atomic mass is 16.5. The summed E-state index contributed by atoms with van der Waals surface area (Å²) in [6.45, 7) is 3.21. The van der Waals surface area contributed by atoms with Crippen molar-refractivity contribution in [2.75, 3.05) is 33.3 Å². The Labute approximate surface area is 235 Å². The van der Waals surface area contributed by atoms with E-state index in [1.165, 1.54) is 0 Å². The van der Waals surface area contributed by atoms with Crippen molar-refractivity contribution in [3.8, 4) is 17.2 Å². The van der Waals surface area contributed by atoms with Crippen LogP contribution < -0.4 is 20.1 Å². The van der Waals surface area contributed by atoms with Gasteiger partial charge in [0.25, 0.3) is 0 Å². The van der Waals surface area contributed by atoms with Gasteiger partial charge in [0.05, 0.1) is 12.5 Å². The fraction of sp³-hybridized carbons (Fsp3) is 0.375. The van der Waals surface area contributed by atoms with Gasteiger partial charge in [-0.1, -0.05) is 54.6 Å². The molecule has 40 heavy (non-hydrogen) atoms. The van der Waals surface area contributed by atoms with E-state index < -0.39 is 16.9 Å². The molecular formula is C32H37N3O5. The number of benzene rings is 3. The van der Waals surface area contributed by atoms with Gasteiger partial charge in [-0.3, -0.25) is 9.69 Å². The SMILES string of the molecule is COc1ccccc1Oc1cccc(CN2CCC(NC(=O)C3(c4ccccc4)CCNCC3)(C(=O)O)CC2)c1. The van der Waals surface area contributed by atoms with E-state index >= 15 is 0 Å². The van der Waals surface area contributed by atoms with Gasteiger partial charge in [0.15, 0.2) is 11.5 Å². The number of methoxy groups -OCH3 is 1. The zero-order valence-corrected chi connectivity index (χ0v) is 22.9. The van der Waals surface area contributed by atoms with Gasteiger partial charge in [-0.25, -0.2) is 4.79 Å². The van der Waals surface area contributed by atoms with Crippen molar-refractivity contribution in [3.05, 3.63) is 90.0 Å². The largest absolute Gasteiger partial charge is 0.493 e. The van der Waals surface area contributed by atoms with Crippen LogP contribution in [0, 0.1) is 0 Å². The van der Waals surface area contributed by atoms with Crippen LogP contribution in [0.2, 0.25) is 0 Å². The molecule has 1 amide bonds. The molecule has 5 rings (SSSR count). The molecule has 3 aromatic rings. The van der Waals surface area contributed by atoms with E-state index in [9.17, 15) is 14.7 Å². The third-order valence-electron chi connectivity index (χ3n) is 8.29. The number of carboxylic acid groups (broad SMARTS) is 1. The highest BCUT2D eigenvalue weighted by molar-refractivity contribution is 5.93. The maximum atomic E-state index is 13.9. The normalized spacial score (nSPS) is 18.4. The summed E-state index contributed by atoms with van der Waals surface area (Å²) in [6.07, 6.45) is 1.96. The number of hydrogen-bond acceptors (Lipinski definition) is 6. The van der Waals surface area contributed by atoms with Crippen LogP contribution in [-0.4, -0.2) is 60.7 Å². The van der Waals surface area contributed by atoms with E-state index in [4.69, 9.17) is 9.47 Å². The first-order valence-corrected chi connectivity index (χ1v) is 13.9. The van der Waals surface area contributed by atoms with Crippen LogP contribution in [0.3, 0.4) is 0 Å². The van der Waals surface area contributed by atoms with Crippen molar-refractivity contribution in [2.24, 2.45) is 0 Å². The molecule has 2 aliphatic rings. The fourth-order valence-electron chi connectivity index (χ4n) is 5.88. The average molecular weight is 544 g/mol. The Bertz CT molecular complexity index is 1310. The van der Waals surface area contributed by atoms with Gasteiger partial charge in [-0.15, -0.1) is 0 Å². The lowest BCUT2D eigenvalue weighted by Gasteiger charge is -2.43. The maximum Gasteiger partial charge on any atom is 0.329 e. The summed E-state index contributed by atoms with van der Waals surface area (Å²) in [5, 5.41) is 16.7. The Balaban J connectivity index is 1.25. The number of ether oxygens (including phenoxy) is 2. The number of carboxylic acids is 1. The highest BCUT2D eigenvalue weighted by Crippen LogP contribution is 2.36. The van der Waals surface area contributed by atoms with Crippen LogP contribution in [0.15, 0.2) is 78.9 Å². The zero-order chi connectivity index (χ0) is 28.0. The van der Waals surface area contributed by atoms with Crippen LogP contribution >= 0.6 is 0 Å². The number of rotatable bonds is 9. The molecule has 0 atom stereocenters. The molecule has 0 spiro atoms. The first-order valence-electron chi connectivity index (χ1n) is 13.9. The monoisotopic (exact) mass is 543 g/mol. The molecule has 0 aliphatic carbocycles. The molecule has 2 heterocycles. The summed E-state index contributed by atoms with van der Waals surface area (Å²) in [5.74, 6) is 0.861. The number of amides is 1. The number of nitrogens with one attached hydrogen (secondary N) is 2. The van der Waals surface area contributed by atoms with Crippen molar-refractivity contribution in [1.29, 1.82) is 0 Å². The van der Waals surface area contributed by atoms with Crippen molar-refractivity contribution >= 4 is 11.9 Å². The molecule has 210 valence electrons. The number of likely N-dealkylation sites (tertiary alicyclic amines) is 1. The molecule has 0 radical (unpaired) electrons. The summed E-state index contributed by atoms with van der Waals surface area (Å²) in [5.41, 5.74) is 0.00226. The Morgan fingerprint density at radius 1 is 0.900 bits per heavy atom. The van der Waals surface area contributed by atoms with Crippen molar-refractivity contribution in [2.45, 2.75) is 43.2 Å². The molecule has 0 aromatic heterocycles. The van der Waals surface area contributed by atoms with E-state index in [-0.39, 0.29) is 5.91 Å².